The summed E-state index contributed by atoms with van der Waals surface area (Å²) in [5, 5.41) is 14.0. The molecule has 3 nitrogen and oxygen atoms in total. The van der Waals surface area contributed by atoms with Crippen LogP contribution in [0.4, 0.5) is 0 Å². The van der Waals surface area contributed by atoms with Gasteiger partial charge in [-0.05, 0) is 36.5 Å². The van der Waals surface area contributed by atoms with E-state index in [-0.39, 0.29) is 12.1 Å². The average Bonchev–Trinajstić information content (AvgIpc) is 2.88. The Morgan fingerprint density at radius 3 is 3.00 bits per heavy atom. The molecule has 3 heteroatoms. The van der Waals surface area contributed by atoms with Crippen LogP contribution in [0.5, 0.6) is 5.75 Å². The number of aliphatic hydroxyl groups excluding tert-OH is 1. The predicted octanol–water partition coefficient (Wildman–Crippen LogP) is 3.36. The zero-order valence-corrected chi connectivity index (χ0v) is 13.0. The molecule has 3 atom stereocenters. The monoisotopic (exact) mass is 289 g/mol. The maximum atomic E-state index is 10.3. The molecule has 3 rings (SSSR count). The van der Waals surface area contributed by atoms with Gasteiger partial charge in [0.1, 0.15) is 5.75 Å². The van der Waals surface area contributed by atoms with Gasteiger partial charge in [-0.3, -0.25) is 0 Å². The number of nitrogens with one attached hydrogen (secondary N) is 1. The highest BCUT2D eigenvalue weighted by atomic mass is 16.5. The fourth-order valence-corrected chi connectivity index (χ4v) is 3.61. The smallest absolute Gasteiger partial charge is 0.122 e. The van der Waals surface area contributed by atoms with Crippen LogP contribution in [-0.2, 0) is 6.42 Å². The molecule has 116 valence electrons. The Morgan fingerprint density at radius 2 is 2.14 bits per heavy atom. The summed E-state index contributed by atoms with van der Waals surface area (Å²) in [5.41, 5.74) is 2.66. The van der Waals surface area contributed by atoms with Crippen LogP contribution < -0.4 is 10.1 Å². The second kappa shape index (κ2) is 6.80. The van der Waals surface area contributed by atoms with Crippen molar-refractivity contribution in [2.75, 3.05) is 6.61 Å². The lowest BCUT2D eigenvalue weighted by Crippen LogP contribution is -2.41. The number of rotatable bonds is 4. The van der Waals surface area contributed by atoms with Gasteiger partial charge in [0.15, 0.2) is 0 Å². The summed E-state index contributed by atoms with van der Waals surface area (Å²) in [7, 11) is 0. The Morgan fingerprint density at radius 1 is 1.29 bits per heavy atom. The van der Waals surface area contributed by atoms with Gasteiger partial charge < -0.3 is 15.2 Å². The third-order valence-corrected chi connectivity index (χ3v) is 4.92. The molecule has 1 aliphatic heterocycles. The molecule has 1 heterocycles. The molecule has 0 amide bonds. The second-order valence-electron chi connectivity index (χ2n) is 6.40. The Kier molecular flexibility index (Phi) is 4.81. The van der Waals surface area contributed by atoms with Crippen LogP contribution in [0.1, 0.15) is 62.6 Å². The van der Waals surface area contributed by atoms with E-state index >= 15 is 0 Å². The number of benzene rings is 1. The molecule has 1 fully saturated rings. The molecular weight excluding hydrogens is 262 g/mol. The minimum atomic E-state index is -0.195. The standard InChI is InChI=1S/C18H27NO2/c1-2-15(19-16-6-4-3-5-7-17(16)20)13-8-9-18-14(12-13)10-11-21-18/h8-9,12,15-17,19-20H,2-7,10-11H2,1H3. The predicted molar refractivity (Wildman–Crippen MR) is 84.7 cm³/mol. The van der Waals surface area contributed by atoms with Gasteiger partial charge in [-0.15, -0.1) is 0 Å². The van der Waals surface area contributed by atoms with Crippen molar-refractivity contribution in [3.05, 3.63) is 29.3 Å². The molecule has 21 heavy (non-hydrogen) atoms. The van der Waals surface area contributed by atoms with E-state index in [1.54, 1.807) is 0 Å². The number of hydrogen-bond donors (Lipinski definition) is 2. The van der Waals surface area contributed by atoms with E-state index in [0.29, 0.717) is 6.04 Å². The highest BCUT2D eigenvalue weighted by molar-refractivity contribution is 5.40. The van der Waals surface area contributed by atoms with Gasteiger partial charge in [0, 0.05) is 18.5 Å². The lowest BCUT2D eigenvalue weighted by Gasteiger charge is -2.28. The third-order valence-electron chi connectivity index (χ3n) is 4.92. The van der Waals surface area contributed by atoms with Gasteiger partial charge in [0.05, 0.1) is 12.7 Å². The van der Waals surface area contributed by atoms with E-state index in [2.05, 4.69) is 30.4 Å². The summed E-state index contributed by atoms with van der Waals surface area (Å²) in [4.78, 5) is 0. The summed E-state index contributed by atoms with van der Waals surface area (Å²) in [6.07, 6.45) is 7.53. The minimum absolute atomic E-state index is 0.195. The lowest BCUT2D eigenvalue weighted by atomic mass is 9.97. The fraction of sp³-hybridized carbons (Fsp3) is 0.667. The molecular formula is C18H27NO2. The Bertz CT molecular complexity index is 474. The van der Waals surface area contributed by atoms with Crippen molar-refractivity contribution in [3.63, 3.8) is 0 Å². The van der Waals surface area contributed by atoms with E-state index in [9.17, 15) is 5.11 Å². The molecule has 3 unspecified atom stereocenters. The van der Waals surface area contributed by atoms with E-state index < -0.39 is 0 Å². The Balaban J connectivity index is 1.72. The summed E-state index contributed by atoms with van der Waals surface area (Å²) in [5.74, 6) is 1.04. The second-order valence-corrected chi connectivity index (χ2v) is 6.40. The minimum Gasteiger partial charge on any atom is -0.493 e. The first-order chi connectivity index (χ1) is 10.3. The van der Waals surface area contributed by atoms with Gasteiger partial charge in [0.25, 0.3) is 0 Å². The molecule has 2 N–H and O–H groups in total. The maximum absolute atomic E-state index is 10.3. The van der Waals surface area contributed by atoms with E-state index in [4.69, 9.17) is 4.74 Å². The first-order valence-electron chi connectivity index (χ1n) is 8.47. The highest BCUT2D eigenvalue weighted by Gasteiger charge is 2.25. The van der Waals surface area contributed by atoms with Crippen LogP contribution in [0.2, 0.25) is 0 Å². The molecule has 0 spiro atoms. The summed E-state index contributed by atoms with van der Waals surface area (Å²) in [6, 6.07) is 7.13. The molecule has 0 aromatic heterocycles. The van der Waals surface area contributed by atoms with Crippen molar-refractivity contribution >= 4 is 0 Å². The van der Waals surface area contributed by atoms with Gasteiger partial charge in [-0.2, -0.15) is 0 Å². The van der Waals surface area contributed by atoms with Crippen LogP contribution in [-0.4, -0.2) is 23.9 Å². The summed E-state index contributed by atoms with van der Waals surface area (Å²) < 4.78 is 5.59. The van der Waals surface area contributed by atoms with Crippen molar-refractivity contribution < 1.29 is 9.84 Å². The van der Waals surface area contributed by atoms with Crippen molar-refractivity contribution in [3.8, 4) is 5.75 Å². The number of ether oxygens (including phenoxy) is 1. The normalized spacial score (nSPS) is 26.8. The van der Waals surface area contributed by atoms with Crippen LogP contribution >= 0.6 is 0 Å². The fourth-order valence-electron chi connectivity index (χ4n) is 3.61. The van der Waals surface area contributed by atoms with Gasteiger partial charge >= 0.3 is 0 Å². The quantitative estimate of drug-likeness (QED) is 0.835. The van der Waals surface area contributed by atoms with Crippen LogP contribution in [0, 0.1) is 0 Å². The molecule has 0 saturated heterocycles. The Hall–Kier alpha value is -1.06. The van der Waals surface area contributed by atoms with Gasteiger partial charge in [0.2, 0.25) is 0 Å². The highest BCUT2D eigenvalue weighted by Crippen LogP contribution is 2.30. The van der Waals surface area contributed by atoms with E-state index in [1.807, 2.05) is 0 Å². The van der Waals surface area contributed by atoms with Crippen molar-refractivity contribution in [1.82, 2.24) is 5.32 Å². The van der Waals surface area contributed by atoms with Gasteiger partial charge in [-0.25, -0.2) is 0 Å². The van der Waals surface area contributed by atoms with Crippen molar-refractivity contribution in [1.29, 1.82) is 0 Å². The van der Waals surface area contributed by atoms with Crippen LogP contribution in [0.3, 0.4) is 0 Å². The largest absolute Gasteiger partial charge is 0.493 e. The molecule has 1 aromatic rings. The molecule has 1 saturated carbocycles. The zero-order chi connectivity index (χ0) is 14.7. The maximum Gasteiger partial charge on any atom is 0.122 e. The van der Waals surface area contributed by atoms with Crippen molar-refractivity contribution in [2.24, 2.45) is 0 Å². The molecule has 0 bridgehead atoms. The lowest BCUT2D eigenvalue weighted by molar-refractivity contribution is 0.113. The third kappa shape index (κ3) is 3.41. The molecule has 1 aliphatic carbocycles. The topological polar surface area (TPSA) is 41.5 Å². The first kappa shape index (κ1) is 14.9. The van der Waals surface area contributed by atoms with Crippen LogP contribution in [0.15, 0.2) is 18.2 Å². The first-order valence-corrected chi connectivity index (χ1v) is 8.47. The summed E-state index contributed by atoms with van der Waals surface area (Å²) >= 11 is 0. The number of fused-ring (bicyclic) bond motifs is 1. The average molecular weight is 289 g/mol. The molecule has 2 aliphatic rings. The van der Waals surface area contributed by atoms with E-state index in [0.717, 1.165) is 44.5 Å². The van der Waals surface area contributed by atoms with Crippen molar-refractivity contribution in [2.45, 2.75) is 70.1 Å². The number of aliphatic hydroxyl groups is 1. The molecule has 1 aromatic carbocycles. The molecule has 0 radical (unpaired) electrons. The number of hydrogen-bond acceptors (Lipinski definition) is 3. The van der Waals surface area contributed by atoms with Crippen LogP contribution in [0.25, 0.3) is 0 Å². The van der Waals surface area contributed by atoms with E-state index in [1.165, 1.54) is 24.0 Å². The Labute approximate surface area is 127 Å². The zero-order valence-electron chi connectivity index (χ0n) is 13.0. The summed E-state index contributed by atoms with van der Waals surface area (Å²) in [6.45, 7) is 3.02. The SMILES string of the molecule is CCC(NC1CCCCCC1O)c1ccc2c(c1)CCO2. The van der Waals surface area contributed by atoms with Gasteiger partial charge in [-0.1, -0.05) is 38.3 Å².